The van der Waals surface area contributed by atoms with Crippen molar-refractivity contribution in [2.75, 3.05) is 19.8 Å². The quantitative estimate of drug-likeness (QED) is 0.405. The molecule has 1 aliphatic rings. The van der Waals surface area contributed by atoms with Crippen LogP contribution in [0, 0.1) is 5.92 Å². The molecule has 0 radical (unpaired) electrons. The van der Waals surface area contributed by atoms with E-state index in [2.05, 4.69) is 33.9 Å². The molecule has 2 aromatic carbocycles. The average Bonchev–Trinajstić information content (AvgIpc) is 3.23. The van der Waals surface area contributed by atoms with Crippen LogP contribution in [0.3, 0.4) is 0 Å². The zero-order chi connectivity index (χ0) is 27.6. The lowest BCUT2D eigenvalue weighted by atomic mass is 9.84. The summed E-state index contributed by atoms with van der Waals surface area (Å²) < 4.78 is 30.2. The van der Waals surface area contributed by atoms with Gasteiger partial charge in [0.1, 0.15) is 5.75 Å². The van der Waals surface area contributed by atoms with Gasteiger partial charge in [0.2, 0.25) is 5.91 Å². The standard InChI is InChI=1S/C29H43NO5SSi/c1-29(2,3)37(6,7)35-25-14-13-23(19-25)27(22-9-8-10-24(31)18-22)20-30(4)28(32)17-21-11-15-26(16-12-21)36(5,33)34/h8-12,15-16,18,23,25,27,31H,13-14,17,19-20H2,1-7H3. The third-order valence-electron chi connectivity index (χ3n) is 8.16. The summed E-state index contributed by atoms with van der Waals surface area (Å²) in [5, 5.41) is 10.3. The summed E-state index contributed by atoms with van der Waals surface area (Å²) in [6.45, 7) is 11.9. The summed E-state index contributed by atoms with van der Waals surface area (Å²) in [4.78, 5) is 15.2. The largest absolute Gasteiger partial charge is 0.508 e. The van der Waals surface area contributed by atoms with Crippen molar-refractivity contribution in [2.24, 2.45) is 5.92 Å². The van der Waals surface area contributed by atoms with Crippen molar-refractivity contribution in [3.05, 3.63) is 59.7 Å². The zero-order valence-electron chi connectivity index (χ0n) is 23.3. The molecule has 0 saturated heterocycles. The molecular formula is C29H43NO5SSi. The summed E-state index contributed by atoms with van der Waals surface area (Å²) >= 11 is 0. The summed E-state index contributed by atoms with van der Waals surface area (Å²) in [5.74, 6) is 0.640. The molecule has 0 heterocycles. The van der Waals surface area contributed by atoms with Crippen molar-refractivity contribution in [1.82, 2.24) is 4.90 Å². The number of sulfone groups is 1. The number of likely N-dealkylation sites (N-methyl/N-ethyl adjacent to an activating group) is 1. The van der Waals surface area contributed by atoms with Crippen molar-refractivity contribution in [1.29, 1.82) is 0 Å². The number of rotatable bonds is 9. The van der Waals surface area contributed by atoms with E-state index in [1.165, 1.54) is 6.26 Å². The van der Waals surface area contributed by atoms with Crippen LogP contribution in [0.5, 0.6) is 5.75 Å². The number of carbonyl (C=O) groups excluding carboxylic acids is 1. The Hall–Kier alpha value is -2.16. The Morgan fingerprint density at radius 2 is 1.78 bits per heavy atom. The average molecular weight is 546 g/mol. The number of amides is 1. The van der Waals surface area contributed by atoms with Crippen LogP contribution < -0.4 is 0 Å². The fourth-order valence-electron chi connectivity index (χ4n) is 4.88. The zero-order valence-corrected chi connectivity index (χ0v) is 25.1. The van der Waals surface area contributed by atoms with Gasteiger partial charge in [0.25, 0.3) is 0 Å². The van der Waals surface area contributed by atoms with E-state index in [0.717, 1.165) is 30.4 Å². The molecule has 3 atom stereocenters. The Morgan fingerprint density at radius 3 is 2.35 bits per heavy atom. The van der Waals surface area contributed by atoms with Gasteiger partial charge in [-0.3, -0.25) is 4.79 Å². The second kappa shape index (κ2) is 11.3. The third kappa shape index (κ3) is 7.68. The predicted octanol–water partition coefficient (Wildman–Crippen LogP) is 5.77. The number of hydrogen-bond donors (Lipinski definition) is 1. The van der Waals surface area contributed by atoms with E-state index in [1.54, 1.807) is 35.2 Å². The van der Waals surface area contributed by atoms with E-state index in [0.29, 0.717) is 12.5 Å². The molecule has 37 heavy (non-hydrogen) atoms. The Bertz CT molecular complexity index is 1190. The van der Waals surface area contributed by atoms with Crippen LogP contribution in [0.4, 0.5) is 0 Å². The normalized spacial score (nSPS) is 19.5. The van der Waals surface area contributed by atoms with E-state index < -0.39 is 18.2 Å². The highest BCUT2D eigenvalue weighted by atomic mass is 32.2. The Morgan fingerprint density at radius 1 is 1.14 bits per heavy atom. The Balaban J connectivity index is 1.73. The van der Waals surface area contributed by atoms with Crippen molar-refractivity contribution in [3.8, 4) is 5.75 Å². The molecule has 3 rings (SSSR count). The summed E-state index contributed by atoms with van der Waals surface area (Å²) in [5.41, 5.74) is 1.82. The summed E-state index contributed by atoms with van der Waals surface area (Å²) in [6.07, 6.45) is 4.58. The lowest BCUT2D eigenvalue weighted by molar-refractivity contribution is -0.129. The lowest BCUT2D eigenvalue weighted by Crippen LogP contribution is -2.43. The lowest BCUT2D eigenvalue weighted by Gasteiger charge is -2.38. The number of benzene rings is 2. The van der Waals surface area contributed by atoms with Gasteiger partial charge in [-0.2, -0.15) is 0 Å². The van der Waals surface area contributed by atoms with Gasteiger partial charge in [-0.05, 0) is 78.7 Å². The molecule has 204 valence electrons. The molecule has 1 saturated carbocycles. The first-order chi connectivity index (χ1) is 17.1. The van der Waals surface area contributed by atoms with Gasteiger partial charge in [-0.25, -0.2) is 8.42 Å². The smallest absolute Gasteiger partial charge is 0.226 e. The number of phenolic OH excluding ortho intramolecular Hbond substituents is 1. The van der Waals surface area contributed by atoms with Gasteiger partial charge in [-0.15, -0.1) is 0 Å². The maximum Gasteiger partial charge on any atom is 0.226 e. The van der Waals surface area contributed by atoms with E-state index >= 15 is 0 Å². The fourth-order valence-corrected chi connectivity index (χ4v) is 6.91. The molecule has 2 aromatic rings. The van der Waals surface area contributed by atoms with Crippen LogP contribution >= 0.6 is 0 Å². The molecule has 1 N–H and O–H groups in total. The molecule has 6 nitrogen and oxygen atoms in total. The van der Waals surface area contributed by atoms with Crippen molar-refractivity contribution >= 4 is 24.1 Å². The minimum Gasteiger partial charge on any atom is -0.508 e. The van der Waals surface area contributed by atoms with Crippen LogP contribution in [0.15, 0.2) is 53.4 Å². The predicted molar refractivity (Wildman–Crippen MR) is 151 cm³/mol. The van der Waals surface area contributed by atoms with Gasteiger partial charge in [0.05, 0.1) is 11.3 Å². The Labute approximate surface area is 224 Å². The van der Waals surface area contributed by atoms with Gasteiger partial charge in [-0.1, -0.05) is 45.0 Å². The molecule has 1 fully saturated rings. The van der Waals surface area contributed by atoms with E-state index in [1.807, 2.05) is 25.2 Å². The first-order valence-electron chi connectivity index (χ1n) is 13.1. The molecular weight excluding hydrogens is 502 g/mol. The minimum absolute atomic E-state index is 0.0238. The molecule has 0 aliphatic heterocycles. The number of nitrogens with zero attached hydrogens (tertiary/aromatic N) is 1. The highest BCUT2D eigenvalue weighted by molar-refractivity contribution is 7.90. The van der Waals surface area contributed by atoms with Crippen molar-refractivity contribution in [2.45, 2.75) is 81.5 Å². The molecule has 8 heteroatoms. The second-order valence-corrected chi connectivity index (χ2v) is 18.9. The highest BCUT2D eigenvalue weighted by Crippen LogP contribution is 2.44. The second-order valence-electron chi connectivity index (χ2n) is 12.1. The van der Waals surface area contributed by atoms with Crippen LogP contribution in [-0.2, 0) is 25.5 Å². The number of hydrogen-bond acceptors (Lipinski definition) is 5. The van der Waals surface area contributed by atoms with Gasteiger partial charge in [0.15, 0.2) is 18.2 Å². The van der Waals surface area contributed by atoms with Crippen molar-refractivity contribution < 1.29 is 22.7 Å². The topological polar surface area (TPSA) is 83.9 Å². The number of carbonyl (C=O) groups is 1. The highest BCUT2D eigenvalue weighted by Gasteiger charge is 2.42. The number of aromatic hydroxyl groups is 1. The summed E-state index contributed by atoms with van der Waals surface area (Å²) in [6, 6.07) is 13.9. The van der Waals surface area contributed by atoms with Gasteiger partial charge >= 0.3 is 0 Å². The van der Waals surface area contributed by atoms with E-state index in [-0.39, 0.29) is 40.0 Å². The molecule has 0 bridgehead atoms. The van der Waals surface area contributed by atoms with Crippen LogP contribution in [-0.4, -0.2) is 58.6 Å². The summed E-state index contributed by atoms with van der Waals surface area (Å²) in [7, 11) is -3.32. The fraction of sp³-hybridized carbons (Fsp3) is 0.552. The maximum absolute atomic E-state index is 13.1. The van der Waals surface area contributed by atoms with Gasteiger partial charge < -0.3 is 14.4 Å². The first-order valence-corrected chi connectivity index (χ1v) is 17.9. The van der Waals surface area contributed by atoms with Gasteiger partial charge in [0, 0.05) is 31.9 Å². The first kappa shape index (κ1) is 29.4. The molecule has 1 aliphatic carbocycles. The Kier molecular flexibility index (Phi) is 8.97. The van der Waals surface area contributed by atoms with E-state index in [9.17, 15) is 18.3 Å². The molecule has 0 spiro atoms. The third-order valence-corrected chi connectivity index (χ3v) is 13.8. The molecule has 0 aromatic heterocycles. The minimum atomic E-state index is -3.27. The SMILES string of the molecule is CN(CC(c1cccc(O)c1)C1CCC(O[Si](C)(C)C(C)(C)C)C1)C(=O)Cc1ccc(S(C)(=O)=O)cc1. The van der Waals surface area contributed by atoms with Crippen LogP contribution in [0.2, 0.25) is 18.1 Å². The van der Waals surface area contributed by atoms with Crippen LogP contribution in [0.25, 0.3) is 0 Å². The van der Waals surface area contributed by atoms with Crippen molar-refractivity contribution in [3.63, 3.8) is 0 Å². The van der Waals surface area contributed by atoms with Crippen LogP contribution in [0.1, 0.15) is 57.1 Å². The van der Waals surface area contributed by atoms with E-state index in [4.69, 9.17) is 4.43 Å². The maximum atomic E-state index is 13.1. The molecule has 3 unspecified atom stereocenters. The number of phenols is 1. The molecule has 1 amide bonds. The monoisotopic (exact) mass is 545 g/mol.